The molecule has 0 amide bonds. The summed E-state index contributed by atoms with van der Waals surface area (Å²) in [7, 11) is 0. The molecular weight excluding hydrogens is 829 g/mol. The molecule has 0 N–H and O–H groups in total. The summed E-state index contributed by atoms with van der Waals surface area (Å²) in [5, 5.41) is 0. The van der Waals surface area contributed by atoms with E-state index in [4.69, 9.17) is 14.2 Å². The predicted molar refractivity (Wildman–Crippen MR) is 289 cm³/mol. The van der Waals surface area contributed by atoms with Crippen LogP contribution in [0.4, 0.5) is 0 Å². The number of hydrogen-bond donors (Lipinski definition) is 0. The molecule has 6 heteroatoms. The monoisotopic (exact) mass is 947 g/mol. The van der Waals surface area contributed by atoms with Gasteiger partial charge in [0.25, 0.3) is 0 Å². The van der Waals surface area contributed by atoms with Crippen molar-refractivity contribution in [3.8, 4) is 0 Å². The van der Waals surface area contributed by atoms with Crippen LogP contribution in [0.1, 0.15) is 343 Å². The van der Waals surface area contributed by atoms with Crippen LogP contribution in [0.25, 0.3) is 0 Å². The molecule has 0 aromatic carbocycles. The average Bonchev–Trinajstić information content (AvgIpc) is 3.30. The number of hydrogen-bond acceptors (Lipinski definition) is 6. The van der Waals surface area contributed by atoms with Gasteiger partial charge in [-0.05, 0) is 31.1 Å². The molecular formula is C61H118O6. The number of ether oxygens (including phenoxy) is 3. The lowest BCUT2D eigenvalue weighted by molar-refractivity contribution is -0.167. The Morgan fingerprint density at radius 2 is 0.493 bits per heavy atom. The van der Waals surface area contributed by atoms with E-state index in [0.717, 1.165) is 69.6 Å². The maximum absolute atomic E-state index is 12.8. The molecule has 0 rings (SSSR count). The van der Waals surface area contributed by atoms with Crippen molar-refractivity contribution in [2.75, 3.05) is 13.2 Å². The Hall–Kier alpha value is -1.59. The van der Waals surface area contributed by atoms with Gasteiger partial charge in [-0.1, -0.05) is 304 Å². The molecule has 0 saturated carbocycles. The molecule has 0 aliphatic heterocycles. The molecule has 0 unspecified atom stereocenters. The summed E-state index contributed by atoms with van der Waals surface area (Å²) in [5.41, 5.74) is 0. The predicted octanol–water partition coefficient (Wildman–Crippen LogP) is 20.0. The van der Waals surface area contributed by atoms with Crippen molar-refractivity contribution in [3.05, 3.63) is 0 Å². The van der Waals surface area contributed by atoms with Crippen molar-refractivity contribution in [2.45, 2.75) is 349 Å². The topological polar surface area (TPSA) is 78.9 Å². The maximum atomic E-state index is 12.8. The first-order chi connectivity index (χ1) is 32.7. The van der Waals surface area contributed by atoms with E-state index < -0.39 is 6.10 Å². The van der Waals surface area contributed by atoms with E-state index in [1.165, 1.54) is 231 Å². The summed E-state index contributed by atoms with van der Waals surface area (Å²) in [6.45, 7) is 11.4. The molecule has 6 nitrogen and oxygen atoms in total. The van der Waals surface area contributed by atoms with Crippen LogP contribution >= 0.6 is 0 Å². The third-order valence-corrected chi connectivity index (χ3v) is 14.0. The Morgan fingerprint density at radius 3 is 0.731 bits per heavy atom. The second kappa shape index (κ2) is 53.8. The lowest BCUT2D eigenvalue weighted by Crippen LogP contribution is -2.30. The zero-order chi connectivity index (χ0) is 48.9. The summed E-state index contributed by atoms with van der Waals surface area (Å²) < 4.78 is 16.9. The molecule has 0 saturated heterocycles. The molecule has 0 aromatic heterocycles. The van der Waals surface area contributed by atoms with Crippen LogP contribution in [0.5, 0.6) is 0 Å². The molecule has 0 spiro atoms. The van der Waals surface area contributed by atoms with Gasteiger partial charge >= 0.3 is 17.9 Å². The van der Waals surface area contributed by atoms with Gasteiger partial charge in [0.05, 0.1) is 0 Å². The lowest BCUT2D eigenvalue weighted by Gasteiger charge is -2.18. The van der Waals surface area contributed by atoms with Gasteiger partial charge in [0.1, 0.15) is 13.2 Å². The van der Waals surface area contributed by atoms with Crippen LogP contribution in [0.3, 0.4) is 0 Å². The van der Waals surface area contributed by atoms with E-state index >= 15 is 0 Å². The fourth-order valence-corrected chi connectivity index (χ4v) is 9.40. The van der Waals surface area contributed by atoms with E-state index in [9.17, 15) is 14.4 Å². The van der Waals surface area contributed by atoms with Crippen LogP contribution < -0.4 is 0 Å². The van der Waals surface area contributed by atoms with Crippen molar-refractivity contribution in [1.29, 1.82) is 0 Å². The van der Waals surface area contributed by atoms with Crippen molar-refractivity contribution < 1.29 is 28.6 Å². The quantitative estimate of drug-likeness (QED) is 0.0343. The molecule has 0 aliphatic rings. The summed E-state index contributed by atoms with van der Waals surface area (Å²) in [6.07, 6.45) is 58.2. The zero-order valence-electron chi connectivity index (χ0n) is 46.0. The summed E-state index contributed by atoms with van der Waals surface area (Å²) in [6, 6.07) is 0. The number of carbonyl (C=O) groups excluding carboxylic acids is 3. The molecule has 0 fully saturated rings. The van der Waals surface area contributed by atoms with Gasteiger partial charge in [0, 0.05) is 19.3 Å². The van der Waals surface area contributed by atoms with E-state index in [2.05, 4.69) is 34.6 Å². The Labute approximate surface area is 418 Å². The fourth-order valence-electron chi connectivity index (χ4n) is 9.40. The van der Waals surface area contributed by atoms with Crippen molar-refractivity contribution in [3.63, 3.8) is 0 Å². The fraction of sp³-hybridized carbons (Fsp3) is 0.951. The molecule has 0 aliphatic carbocycles. The highest BCUT2D eigenvalue weighted by Gasteiger charge is 2.19. The first-order valence-corrected chi connectivity index (χ1v) is 30.2. The average molecular weight is 948 g/mol. The normalized spacial score (nSPS) is 12.0. The Bertz CT molecular complexity index is 1020. The third kappa shape index (κ3) is 55.2. The van der Waals surface area contributed by atoms with Crippen LogP contribution in [-0.2, 0) is 28.6 Å². The van der Waals surface area contributed by atoms with Gasteiger partial charge in [-0.3, -0.25) is 14.4 Å². The summed E-state index contributed by atoms with van der Waals surface area (Å²) in [4.78, 5) is 38.2. The molecule has 0 bridgehead atoms. The van der Waals surface area contributed by atoms with E-state index in [0.29, 0.717) is 19.3 Å². The minimum atomic E-state index is -0.763. The summed E-state index contributed by atoms with van der Waals surface area (Å²) in [5.74, 6) is 0.807. The van der Waals surface area contributed by atoms with Crippen LogP contribution in [-0.4, -0.2) is 37.2 Å². The highest BCUT2D eigenvalue weighted by atomic mass is 16.6. The zero-order valence-corrected chi connectivity index (χ0v) is 46.0. The van der Waals surface area contributed by atoms with Gasteiger partial charge < -0.3 is 14.2 Å². The molecule has 0 aromatic rings. The van der Waals surface area contributed by atoms with Crippen molar-refractivity contribution >= 4 is 17.9 Å². The smallest absolute Gasteiger partial charge is 0.306 e. The van der Waals surface area contributed by atoms with Crippen LogP contribution in [0, 0.1) is 11.8 Å². The number of esters is 3. The maximum Gasteiger partial charge on any atom is 0.306 e. The van der Waals surface area contributed by atoms with Crippen molar-refractivity contribution in [1.82, 2.24) is 0 Å². The van der Waals surface area contributed by atoms with Gasteiger partial charge in [-0.2, -0.15) is 0 Å². The van der Waals surface area contributed by atoms with Gasteiger partial charge in [-0.15, -0.1) is 0 Å². The minimum absolute atomic E-state index is 0.0630. The number of carbonyl (C=O) groups is 3. The number of unbranched alkanes of at least 4 members (excludes halogenated alkanes) is 40. The van der Waals surface area contributed by atoms with E-state index in [1.807, 2.05) is 0 Å². The third-order valence-electron chi connectivity index (χ3n) is 14.0. The minimum Gasteiger partial charge on any atom is -0.462 e. The highest BCUT2D eigenvalue weighted by molar-refractivity contribution is 5.71. The Morgan fingerprint density at radius 1 is 0.284 bits per heavy atom. The standard InChI is InChI=1S/C61H118O6/c1-6-7-8-9-10-11-12-13-14-15-16-17-21-24-27-30-36-41-46-51-59(62)65-54-58(67-61(64)53-48-43-38-33-32-35-40-45-50-57(4)5)55-66-60(63)52-47-42-37-31-28-25-22-19-18-20-23-26-29-34-39-44-49-56(2)3/h56-58H,6-55H2,1-5H3/t58-/m0/s1. The Balaban J connectivity index is 4.21. The molecule has 398 valence electrons. The van der Waals surface area contributed by atoms with Crippen molar-refractivity contribution in [2.24, 2.45) is 11.8 Å². The van der Waals surface area contributed by atoms with Gasteiger partial charge in [0.15, 0.2) is 6.10 Å². The first-order valence-electron chi connectivity index (χ1n) is 30.2. The second-order valence-electron chi connectivity index (χ2n) is 21.9. The van der Waals surface area contributed by atoms with Crippen LogP contribution in [0.15, 0.2) is 0 Å². The van der Waals surface area contributed by atoms with E-state index in [1.54, 1.807) is 0 Å². The molecule has 0 heterocycles. The van der Waals surface area contributed by atoms with Gasteiger partial charge in [0.2, 0.25) is 0 Å². The van der Waals surface area contributed by atoms with Gasteiger partial charge in [-0.25, -0.2) is 0 Å². The van der Waals surface area contributed by atoms with Crippen LogP contribution in [0.2, 0.25) is 0 Å². The Kier molecular flexibility index (Phi) is 52.5. The molecule has 1 atom stereocenters. The number of rotatable bonds is 55. The molecule has 0 radical (unpaired) electrons. The largest absolute Gasteiger partial charge is 0.462 e. The molecule has 67 heavy (non-hydrogen) atoms. The van der Waals surface area contributed by atoms with E-state index in [-0.39, 0.29) is 31.1 Å². The SMILES string of the molecule is CCCCCCCCCCCCCCCCCCCCCC(=O)OC[C@@H](COC(=O)CCCCCCCCCCCCCCCCCCC(C)C)OC(=O)CCCCCCCCCCC(C)C. The first kappa shape index (κ1) is 65.4. The highest BCUT2D eigenvalue weighted by Crippen LogP contribution is 2.18. The summed E-state index contributed by atoms with van der Waals surface area (Å²) >= 11 is 0. The second-order valence-corrected chi connectivity index (χ2v) is 21.9. The lowest BCUT2D eigenvalue weighted by atomic mass is 10.0.